The van der Waals surface area contributed by atoms with Gasteiger partial charge in [-0.25, -0.2) is 9.59 Å². The van der Waals surface area contributed by atoms with Crippen molar-refractivity contribution in [2.24, 2.45) is 0 Å². The largest absolute Gasteiger partial charge is 0.463 e. The summed E-state index contributed by atoms with van der Waals surface area (Å²) in [6, 6.07) is 0. The molecule has 86 valence electrons. The highest BCUT2D eigenvalue weighted by molar-refractivity contribution is 5.93. The summed E-state index contributed by atoms with van der Waals surface area (Å²) in [5.74, 6) is -0.714. The maximum atomic E-state index is 11.7. The topological polar surface area (TPSA) is 78.6 Å². The molecule has 0 N–H and O–H groups in total. The van der Waals surface area contributed by atoms with Gasteiger partial charge >= 0.3 is 11.9 Å². The lowest BCUT2D eigenvalue weighted by Gasteiger charge is -2.07. The number of cyclic esters (lactones) is 1. The van der Waals surface area contributed by atoms with Crippen molar-refractivity contribution < 1.29 is 23.6 Å². The average molecular weight is 225 g/mol. The lowest BCUT2D eigenvalue weighted by atomic mass is 10.2. The summed E-state index contributed by atoms with van der Waals surface area (Å²) >= 11 is 0. The maximum absolute atomic E-state index is 11.7. The molecular weight excluding hydrogens is 214 g/mol. The number of rotatable bonds is 2. The molecule has 16 heavy (non-hydrogen) atoms. The predicted octanol–water partition coefficient (Wildman–Crippen LogP) is 0.764. The van der Waals surface area contributed by atoms with Crippen LogP contribution in [0.15, 0.2) is 4.52 Å². The molecule has 0 radical (unpaired) electrons. The highest BCUT2D eigenvalue weighted by Crippen LogP contribution is 2.17. The van der Waals surface area contributed by atoms with Crippen LogP contribution in [0.1, 0.15) is 28.2 Å². The van der Waals surface area contributed by atoms with Crippen molar-refractivity contribution in [3.63, 3.8) is 0 Å². The Hall–Kier alpha value is -1.85. The van der Waals surface area contributed by atoms with Gasteiger partial charge in [-0.1, -0.05) is 5.16 Å². The van der Waals surface area contributed by atoms with Crippen LogP contribution in [-0.4, -0.2) is 29.8 Å². The number of carbonyl (C=O) groups is 2. The number of hydrogen-bond acceptors (Lipinski definition) is 6. The van der Waals surface area contributed by atoms with Gasteiger partial charge in [0.25, 0.3) is 0 Å². The summed E-state index contributed by atoms with van der Waals surface area (Å²) in [6.07, 6.45) is -0.408. The van der Waals surface area contributed by atoms with Gasteiger partial charge in [0.2, 0.25) is 6.10 Å². The van der Waals surface area contributed by atoms with Gasteiger partial charge in [0.15, 0.2) is 0 Å². The Bertz CT molecular complexity index is 417. The summed E-state index contributed by atoms with van der Waals surface area (Å²) in [6.45, 7) is 3.54. The lowest BCUT2D eigenvalue weighted by Crippen LogP contribution is -2.23. The second kappa shape index (κ2) is 3.96. The van der Waals surface area contributed by atoms with Gasteiger partial charge in [0.05, 0.1) is 12.3 Å². The first kappa shape index (κ1) is 10.7. The van der Waals surface area contributed by atoms with Gasteiger partial charge in [-0.15, -0.1) is 0 Å². The van der Waals surface area contributed by atoms with Crippen LogP contribution in [-0.2, 0) is 14.3 Å². The van der Waals surface area contributed by atoms with E-state index in [9.17, 15) is 9.59 Å². The Kier molecular flexibility index (Phi) is 2.64. The predicted molar refractivity (Wildman–Crippen MR) is 50.8 cm³/mol. The summed E-state index contributed by atoms with van der Waals surface area (Å²) in [5, 5.41) is 3.64. The highest BCUT2D eigenvalue weighted by atomic mass is 16.6. The van der Waals surface area contributed by atoms with Gasteiger partial charge in [-0.2, -0.15) is 0 Å². The van der Waals surface area contributed by atoms with E-state index in [4.69, 9.17) is 9.26 Å². The van der Waals surface area contributed by atoms with Crippen molar-refractivity contribution in [1.82, 2.24) is 5.16 Å². The zero-order valence-corrected chi connectivity index (χ0v) is 8.98. The van der Waals surface area contributed by atoms with Gasteiger partial charge in [-0.3, -0.25) is 0 Å². The number of carbonyl (C=O) groups excluding carboxylic acids is 2. The molecule has 1 aliphatic rings. The van der Waals surface area contributed by atoms with Crippen LogP contribution in [0.25, 0.3) is 0 Å². The third-order valence-corrected chi connectivity index (χ3v) is 2.37. The fourth-order valence-corrected chi connectivity index (χ4v) is 1.55. The molecule has 1 aromatic heterocycles. The van der Waals surface area contributed by atoms with E-state index in [1.54, 1.807) is 13.8 Å². The van der Waals surface area contributed by atoms with E-state index >= 15 is 0 Å². The average Bonchev–Trinajstić information content (AvgIpc) is 2.75. The molecule has 6 nitrogen and oxygen atoms in total. The molecule has 0 amide bonds. The number of aromatic nitrogens is 1. The van der Waals surface area contributed by atoms with E-state index in [0.717, 1.165) is 0 Å². The minimum Gasteiger partial charge on any atom is -0.463 e. The first-order valence-corrected chi connectivity index (χ1v) is 4.90. The number of hydrogen-bond donors (Lipinski definition) is 0. The summed E-state index contributed by atoms with van der Waals surface area (Å²) < 4.78 is 14.5. The molecule has 1 unspecified atom stereocenters. The van der Waals surface area contributed by atoms with Crippen LogP contribution in [0.5, 0.6) is 0 Å². The fourth-order valence-electron chi connectivity index (χ4n) is 1.55. The van der Waals surface area contributed by atoms with Crippen LogP contribution in [0, 0.1) is 13.8 Å². The monoisotopic (exact) mass is 225 g/mol. The molecule has 1 saturated heterocycles. The quantitative estimate of drug-likeness (QED) is 0.691. The van der Waals surface area contributed by atoms with Crippen molar-refractivity contribution in [3.8, 4) is 0 Å². The summed E-state index contributed by atoms with van der Waals surface area (Å²) in [4.78, 5) is 22.8. The Labute approximate surface area is 91.5 Å². The lowest BCUT2D eigenvalue weighted by molar-refractivity contribution is -0.145. The van der Waals surface area contributed by atoms with E-state index in [2.05, 4.69) is 9.89 Å². The SMILES string of the molecule is Cc1noc(C)c1C(=O)OC1CCOC1=O. The Morgan fingerprint density at radius 3 is 2.75 bits per heavy atom. The molecule has 2 heterocycles. The zero-order valence-electron chi connectivity index (χ0n) is 8.98. The van der Waals surface area contributed by atoms with E-state index in [-0.39, 0.29) is 5.56 Å². The minimum atomic E-state index is -0.804. The maximum Gasteiger partial charge on any atom is 0.347 e. The molecule has 0 spiro atoms. The van der Waals surface area contributed by atoms with Crippen molar-refractivity contribution >= 4 is 11.9 Å². The summed E-state index contributed by atoms with van der Waals surface area (Å²) in [5.41, 5.74) is 0.730. The van der Waals surface area contributed by atoms with Crippen LogP contribution < -0.4 is 0 Å². The normalized spacial score (nSPS) is 19.6. The smallest absolute Gasteiger partial charge is 0.347 e. The first-order chi connectivity index (χ1) is 7.59. The van der Waals surface area contributed by atoms with Crippen molar-refractivity contribution in [3.05, 3.63) is 17.0 Å². The van der Waals surface area contributed by atoms with E-state index in [1.807, 2.05) is 0 Å². The zero-order chi connectivity index (χ0) is 11.7. The molecule has 1 atom stereocenters. The van der Waals surface area contributed by atoms with E-state index < -0.39 is 18.0 Å². The molecule has 6 heteroatoms. The van der Waals surface area contributed by atoms with Crippen LogP contribution >= 0.6 is 0 Å². The molecule has 0 aliphatic carbocycles. The van der Waals surface area contributed by atoms with E-state index in [1.165, 1.54) is 0 Å². The van der Waals surface area contributed by atoms with Gasteiger partial charge in [0.1, 0.15) is 11.3 Å². The molecule has 0 bridgehead atoms. The number of nitrogens with zero attached hydrogens (tertiary/aromatic N) is 1. The summed E-state index contributed by atoms with van der Waals surface area (Å²) in [7, 11) is 0. The van der Waals surface area contributed by atoms with Crippen molar-refractivity contribution in [2.45, 2.75) is 26.4 Å². The molecule has 0 aromatic carbocycles. The van der Waals surface area contributed by atoms with Gasteiger partial charge < -0.3 is 14.0 Å². The molecule has 2 rings (SSSR count). The van der Waals surface area contributed by atoms with E-state index in [0.29, 0.717) is 24.5 Å². The third-order valence-electron chi connectivity index (χ3n) is 2.37. The van der Waals surface area contributed by atoms with Gasteiger partial charge in [0, 0.05) is 6.42 Å². The van der Waals surface area contributed by atoms with Crippen LogP contribution in [0.2, 0.25) is 0 Å². The molecule has 1 fully saturated rings. The second-order valence-corrected chi connectivity index (χ2v) is 3.55. The number of aryl methyl sites for hydroxylation is 2. The molecule has 1 aromatic rings. The minimum absolute atomic E-state index is 0.278. The highest BCUT2D eigenvalue weighted by Gasteiger charge is 2.32. The van der Waals surface area contributed by atoms with Crippen molar-refractivity contribution in [1.29, 1.82) is 0 Å². The Morgan fingerprint density at radius 1 is 1.50 bits per heavy atom. The first-order valence-electron chi connectivity index (χ1n) is 4.90. The molecular formula is C10H11NO5. The third kappa shape index (κ3) is 1.78. The Balaban J connectivity index is 2.11. The number of ether oxygens (including phenoxy) is 2. The fraction of sp³-hybridized carbons (Fsp3) is 0.500. The van der Waals surface area contributed by atoms with Crippen LogP contribution in [0.3, 0.4) is 0 Å². The van der Waals surface area contributed by atoms with Gasteiger partial charge in [-0.05, 0) is 13.8 Å². The Morgan fingerprint density at radius 2 is 2.25 bits per heavy atom. The molecule has 0 saturated carbocycles. The standard InChI is InChI=1S/C10H11NO5/c1-5-8(6(2)16-11-5)10(13)15-7-3-4-14-9(7)12/h7H,3-4H2,1-2H3. The second-order valence-electron chi connectivity index (χ2n) is 3.55. The van der Waals surface area contributed by atoms with Crippen molar-refractivity contribution in [2.75, 3.05) is 6.61 Å². The van der Waals surface area contributed by atoms with Crippen LogP contribution in [0.4, 0.5) is 0 Å². The number of esters is 2. The molecule has 1 aliphatic heterocycles.